The molecule has 26 nitrogen and oxygen atoms in total. The third-order valence-corrected chi connectivity index (χ3v) is 18.9. The van der Waals surface area contributed by atoms with Gasteiger partial charge in [-0.05, 0) is 170 Å². The number of ether oxygens (including phenoxy) is 5. The second-order valence-electron chi connectivity index (χ2n) is 29.0. The van der Waals surface area contributed by atoms with Crippen molar-refractivity contribution in [2.45, 2.75) is 127 Å². The lowest BCUT2D eigenvalue weighted by molar-refractivity contribution is 0.0511. The van der Waals surface area contributed by atoms with Crippen LogP contribution in [-0.4, -0.2) is 135 Å². The Bertz CT molecular complexity index is 4830. The van der Waals surface area contributed by atoms with E-state index in [0.29, 0.717) is 101 Å². The normalized spacial score (nSPS) is 14.8. The molecule has 0 spiro atoms. The highest BCUT2D eigenvalue weighted by atomic mass is 35.5. The van der Waals surface area contributed by atoms with Crippen molar-refractivity contribution < 1.29 is 65.9 Å². The molecule has 0 saturated carbocycles. The number of carboxylic acid groups (broad SMARTS) is 1. The van der Waals surface area contributed by atoms with E-state index in [0.717, 1.165) is 72.8 Å². The van der Waals surface area contributed by atoms with Crippen LogP contribution in [0, 0.1) is 17.5 Å². The summed E-state index contributed by atoms with van der Waals surface area (Å²) >= 11 is 18.1. The Morgan fingerprint density at radius 3 is 1.14 bits per heavy atom. The topological polar surface area (TPSA) is 407 Å². The van der Waals surface area contributed by atoms with E-state index < -0.39 is 70.7 Å². The summed E-state index contributed by atoms with van der Waals surface area (Å²) < 4.78 is 70.7. The van der Waals surface area contributed by atoms with Crippen LogP contribution in [0.4, 0.5) is 40.2 Å². The number of aromatic nitrogens is 6. The second kappa shape index (κ2) is 40.9. The molecule has 32 heteroatoms. The zero-order valence-electron chi connectivity index (χ0n) is 63.8. The highest BCUT2D eigenvalue weighted by Gasteiger charge is 2.28. The van der Waals surface area contributed by atoms with Crippen molar-refractivity contribution in [3.8, 4) is 33.8 Å². The number of nitrogens with two attached hydrogens (primary N) is 5. The van der Waals surface area contributed by atoms with Gasteiger partial charge in [0.15, 0.2) is 0 Å². The van der Waals surface area contributed by atoms with Crippen LogP contribution in [0.1, 0.15) is 181 Å². The van der Waals surface area contributed by atoms with Crippen molar-refractivity contribution in [3.05, 3.63) is 229 Å². The van der Waals surface area contributed by atoms with E-state index in [9.17, 15) is 32.8 Å². The van der Waals surface area contributed by atoms with Crippen LogP contribution in [-0.2, 0) is 23.7 Å². The van der Waals surface area contributed by atoms with E-state index in [2.05, 4.69) is 51.2 Å². The summed E-state index contributed by atoms with van der Waals surface area (Å²) in [7, 11) is 0. The van der Waals surface area contributed by atoms with Crippen molar-refractivity contribution in [3.63, 3.8) is 0 Å². The van der Waals surface area contributed by atoms with Crippen LogP contribution < -0.4 is 49.9 Å². The number of anilines is 3. The smallest absolute Gasteiger partial charge is 0.407 e. The minimum atomic E-state index is -1.32. The Morgan fingerprint density at radius 1 is 0.482 bits per heavy atom. The number of amides is 4. The molecule has 0 radical (unpaired) electrons. The zero-order chi connectivity index (χ0) is 82.4. The summed E-state index contributed by atoms with van der Waals surface area (Å²) in [6.07, 6.45) is 8.87. The first-order valence-corrected chi connectivity index (χ1v) is 37.9. The van der Waals surface area contributed by atoms with Crippen molar-refractivity contribution in [1.29, 1.82) is 0 Å². The summed E-state index contributed by atoms with van der Waals surface area (Å²) in [6.45, 7) is 15.1. The van der Waals surface area contributed by atoms with Gasteiger partial charge in [0, 0.05) is 115 Å². The van der Waals surface area contributed by atoms with E-state index in [1.807, 2.05) is 32.9 Å². The van der Waals surface area contributed by atoms with Gasteiger partial charge < -0.3 is 78.7 Å². The molecule has 6 aromatic carbocycles. The SMILES string of the molecule is CC(C)(C)OC(=O)NC[C@@H](N)c1cccc(Cl)c1.CC(C)(C)OC(=O)NC[C@@H](NC(=O)c1ccc(-c2nc(C3CCOCC3)cnc2N)cc1F)c1cccc(Cl)c1.NC[C@@H](NC(=O)c1ccc(-c2nc(C3CCOCC3)cnc2N)cc1F)c1cccc(Cl)c1.Nc1ncc(C2CCOCC2)nc1-c1ccc(C(=O)O)c(F)c1. The Kier molecular flexibility index (Phi) is 31.3. The molecule has 114 heavy (non-hydrogen) atoms. The first-order chi connectivity index (χ1) is 54.3. The van der Waals surface area contributed by atoms with Gasteiger partial charge in [-0.25, -0.2) is 57.5 Å². The second-order valence-corrected chi connectivity index (χ2v) is 30.3. The van der Waals surface area contributed by atoms with E-state index >= 15 is 4.39 Å². The molecule has 4 amide bonds. The molecule has 15 N–H and O–H groups in total. The molecule has 9 aromatic rings. The Balaban J connectivity index is 0.000000182. The predicted octanol–water partition coefficient (Wildman–Crippen LogP) is 14.6. The van der Waals surface area contributed by atoms with Gasteiger partial charge in [0.05, 0.1) is 64.4 Å². The highest BCUT2D eigenvalue weighted by Crippen LogP contribution is 2.35. The van der Waals surface area contributed by atoms with Crippen molar-refractivity contribution >= 4 is 82.2 Å². The molecule has 604 valence electrons. The number of nitrogen functional groups attached to an aromatic ring is 3. The summed E-state index contributed by atoms with van der Waals surface area (Å²) in [6, 6.07) is 31.8. The van der Waals surface area contributed by atoms with Gasteiger partial charge in [-0.2, -0.15) is 0 Å². The van der Waals surface area contributed by atoms with Crippen LogP contribution in [0.3, 0.4) is 0 Å². The molecule has 3 aromatic heterocycles. The summed E-state index contributed by atoms with van der Waals surface area (Å²) in [4.78, 5) is 87.1. The molecule has 3 fully saturated rings. The van der Waals surface area contributed by atoms with Gasteiger partial charge >= 0.3 is 18.2 Å². The molecule has 12 rings (SSSR count). The number of aromatic carboxylic acids is 1. The molecule has 0 unspecified atom stereocenters. The van der Waals surface area contributed by atoms with Crippen LogP contribution in [0.2, 0.25) is 15.1 Å². The third kappa shape index (κ3) is 25.7. The number of halogens is 6. The number of hydrogen-bond acceptors (Lipinski definition) is 21. The fraction of sp³-hybridized carbons (Fsp3) is 0.354. The number of benzene rings is 6. The lowest BCUT2D eigenvalue weighted by Crippen LogP contribution is -2.40. The number of hydrogen-bond donors (Lipinski definition) is 10. The van der Waals surface area contributed by atoms with Crippen LogP contribution in [0.5, 0.6) is 0 Å². The fourth-order valence-electron chi connectivity index (χ4n) is 12.3. The van der Waals surface area contributed by atoms with E-state index in [4.69, 9.17) is 92.3 Å². The number of nitrogens with zero attached hydrogens (tertiary/aromatic N) is 6. The number of carboxylic acids is 1. The largest absolute Gasteiger partial charge is 0.478 e. The predicted molar refractivity (Wildman–Crippen MR) is 430 cm³/mol. The molecule has 6 heterocycles. The standard InChI is InChI=1S/C29H33ClFN5O4.C24H25ClFN5O2.C16H16FN3O3.C13H19ClN2O2/c1-29(2,3)40-28(38)34-16-24(18-5-4-6-20(30)13-18)36-27(37)21-8-7-19(14-22(21)31)25-26(32)33-15-23(35-25)17-9-11-39-12-10-17;25-17-3-1-2-15(10-17)20(12-27)31-24(32)18-5-4-16(11-19(18)26)22-23(28)29-13-21(30-22)14-6-8-33-9-7-14;17-12-7-10(1-2-11(12)16(21)22)14-15(18)19-8-13(20-14)9-3-5-23-6-4-9;1-13(2,3)18-12(17)16-8-11(15)9-5-4-6-10(14)7-9/h4-8,13-15,17,24H,9-12,16H2,1-3H3,(H2,32,33)(H,34,38)(H,36,37);1-5,10-11,13-14,20H,6-9,12,27H2,(H2,28,29)(H,31,32);1-2,7-9H,3-6H2,(H2,18,19)(H,21,22);4-7,11H,8,15H2,1-3H3,(H,16,17)/t24-;20-;;11-/m11.1/s1. The summed E-state index contributed by atoms with van der Waals surface area (Å²) in [5, 5.41) is 21.3. The van der Waals surface area contributed by atoms with Gasteiger partial charge in [-0.15, -0.1) is 0 Å². The number of rotatable bonds is 19. The zero-order valence-corrected chi connectivity index (χ0v) is 66.1. The Morgan fingerprint density at radius 2 is 0.807 bits per heavy atom. The van der Waals surface area contributed by atoms with Gasteiger partial charge in [0.2, 0.25) is 0 Å². The lowest BCUT2D eigenvalue weighted by Gasteiger charge is -2.23. The molecule has 0 aliphatic carbocycles. The van der Waals surface area contributed by atoms with Crippen LogP contribution in [0.15, 0.2) is 146 Å². The summed E-state index contributed by atoms with van der Waals surface area (Å²) in [5.74, 6) is -3.64. The molecule has 3 aliphatic heterocycles. The number of carbonyl (C=O) groups excluding carboxylic acids is 4. The molecule has 3 aliphatic rings. The molecular weight excluding hydrogens is 1530 g/mol. The number of nitrogens with one attached hydrogen (secondary N) is 4. The third-order valence-electron chi connectivity index (χ3n) is 18.2. The fourth-order valence-corrected chi connectivity index (χ4v) is 12.9. The first-order valence-electron chi connectivity index (χ1n) is 36.8. The van der Waals surface area contributed by atoms with Crippen molar-refractivity contribution in [2.24, 2.45) is 11.5 Å². The van der Waals surface area contributed by atoms with Crippen molar-refractivity contribution in [1.82, 2.24) is 51.2 Å². The lowest BCUT2D eigenvalue weighted by atomic mass is 9.96. The van der Waals surface area contributed by atoms with E-state index in [-0.39, 0.29) is 71.0 Å². The minimum Gasteiger partial charge on any atom is -0.478 e. The summed E-state index contributed by atoms with van der Waals surface area (Å²) in [5.41, 5.74) is 34.9. The average molecular weight is 1630 g/mol. The number of alkyl carbamates (subject to hydrolysis) is 2. The maximum absolute atomic E-state index is 15.3. The van der Waals surface area contributed by atoms with Gasteiger partial charge in [-0.1, -0.05) is 89.4 Å². The maximum atomic E-state index is 15.3. The quantitative estimate of drug-likeness (QED) is 0.0359. The van der Waals surface area contributed by atoms with Gasteiger partial charge in [-0.3, -0.25) is 9.59 Å². The molecule has 3 atom stereocenters. The van der Waals surface area contributed by atoms with Crippen LogP contribution in [0.25, 0.3) is 33.8 Å². The van der Waals surface area contributed by atoms with Crippen molar-refractivity contribution in [2.75, 3.05) is 76.5 Å². The van der Waals surface area contributed by atoms with Gasteiger partial charge in [0.1, 0.15) is 63.2 Å². The van der Waals surface area contributed by atoms with Gasteiger partial charge in [0.25, 0.3) is 11.8 Å². The first kappa shape index (κ1) is 87.3. The molecule has 3 saturated heterocycles. The molecule has 0 bridgehead atoms. The molecular formula is C82H93Cl3F3N15O11. The van der Waals surface area contributed by atoms with Crippen LogP contribution >= 0.6 is 34.8 Å². The number of carbonyl (C=O) groups is 5. The Labute approximate surface area is 673 Å². The monoisotopic (exact) mass is 1630 g/mol. The Hall–Kier alpha value is -10.6. The van der Waals surface area contributed by atoms with E-state index in [1.165, 1.54) is 36.4 Å². The highest BCUT2D eigenvalue weighted by molar-refractivity contribution is 6.31. The minimum absolute atomic E-state index is 0.00812. The average Bonchev–Trinajstić information content (AvgIpc) is 0.809. The maximum Gasteiger partial charge on any atom is 0.407 e. The van der Waals surface area contributed by atoms with E-state index in [1.54, 1.807) is 112 Å².